The van der Waals surface area contributed by atoms with Gasteiger partial charge in [0, 0.05) is 10.8 Å². The molecule has 0 saturated heterocycles. The number of carbonyl (C=O) groups excluding carboxylic acids is 1. The lowest BCUT2D eigenvalue weighted by Gasteiger charge is -2.02. The van der Waals surface area contributed by atoms with Crippen molar-refractivity contribution in [3.05, 3.63) is 21.3 Å². The number of nitrogens with one attached hydrogen (secondary N) is 1. The normalized spacial score (nSPS) is 11.3. The third-order valence-electron chi connectivity index (χ3n) is 2.21. The molecule has 2 aromatic heterocycles. The van der Waals surface area contributed by atoms with Crippen molar-refractivity contribution < 1.29 is 13.6 Å². The van der Waals surface area contributed by atoms with Crippen molar-refractivity contribution in [1.29, 1.82) is 0 Å². The molecule has 9 heteroatoms. The summed E-state index contributed by atoms with van der Waals surface area (Å²) in [5, 5.41) is 13.2. The predicted molar refractivity (Wildman–Crippen MR) is 78.1 cm³/mol. The highest BCUT2D eigenvalue weighted by atomic mass is 32.2. The van der Waals surface area contributed by atoms with Crippen LogP contribution in [0.15, 0.2) is 16.3 Å². The van der Waals surface area contributed by atoms with E-state index in [0.29, 0.717) is 16.9 Å². The summed E-state index contributed by atoms with van der Waals surface area (Å²) in [6.07, 6.45) is 0. The number of hydrogen-bond acceptors (Lipinski definition) is 6. The van der Waals surface area contributed by atoms with E-state index in [-0.39, 0.29) is 15.7 Å². The Labute approximate surface area is 126 Å². The van der Waals surface area contributed by atoms with E-state index in [1.165, 1.54) is 17.4 Å². The van der Waals surface area contributed by atoms with Crippen molar-refractivity contribution in [3.63, 3.8) is 0 Å². The number of nitrogens with zero attached hydrogens (tertiary/aromatic N) is 2. The highest BCUT2D eigenvalue weighted by molar-refractivity contribution is 7.99. The van der Waals surface area contributed by atoms with E-state index in [9.17, 15) is 13.6 Å². The predicted octanol–water partition coefficient (Wildman–Crippen LogP) is 4.29. The van der Waals surface area contributed by atoms with Gasteiger partial charge in [-0.3, -0.25) is 10.1 Å². The van der Waals surface area contributed by atoms with Crippen LogP contribution < -0.4 is 5.32 Å². The van der Waals surface area contributed by atoms with E-state index < -0.39 is 11.7 Å². The average Bonchev–Trinajstić information content (AvgIpc) is 2.97. The van der Waals surface area contributed by atoms with Gasteiger partial charge in [-0.2, -0.15) is 8.78 Å². The number of aromatic nitrogens is 2. The van der Waals surface area contributed by atoms with E-state index >= 15 is 0 Å². The van der Waals surface area contributed by atoms with E-state index in [0.717, 1.165) is 16.3 Å². The maximum Gasteiger partial charge on any atom is 0.288 e. The van der Waals surface area contributed by atoms with E-state index in [4.69, 9.17) is 0 Å². The number of halogens is 2. The highest BCUT2D eigenvalue weighted by Gasteiger charge is 2.19. The van der Waals surface area contributed by atoms with Crippen LogP contribution >= 0.6 is 34.4 Å². The molecule has 0 fully saturated rings. The fraction of sp³-hybridized carbons (Fsp3) is 0.364. The van der Waals surface area contributed by atoms with Crippen LogP contribution in [0.2, 0.25) is 0 Å². The first-order valence-electron chi connectivity index (χ1n) is 5.64. The Hall–Kier alpha value is -1.06. The van der Waals surface area contributed by atoms with Crippen LogP contribution in [0, 0.1) is 0 Å². The lowest BCUT2D eigenvalue weighted by molar-refractivity contribution is 0.102. The second kappa shape index (κ2) is 6.59. The van der Waals surface area contributed by atoms with Crippen LogP contribution in [-0.2, 0) is 0 Å². The molecule has 4 nitrogen and oxygen atoms in total. The molecule has 20 heavy (non-hydrogen) atoms. The van der Waals surface area contributed by atoms with Gasteiger partial charge in [-0.25, -0.2) is 0 Å². The quantitative estimate of drug-likeness (QED) is 0.828. The van der Waals surface area contributed by atoms with Crippen molar-refractivity contribution in [2.45, 2.75) is 30.4 Å². The van der Waals surface area contributed by atoms with Gasteiger partial charge in [0.15, 0.2) is 0 Å². The Kier molecular flexibility index (Phi) is 5.06. The van der Waals surface area contributed by atoms with Crippen molar-refractivity contribution in [2.24, 2.45) is 0 Å². The molecule has 1 N–H and O–H groups in total. The Morgan fingerprint density at radius 3 is 2.75 bits per heavy atom. The topological polar surface area (TPSA) is 54.9 Å². The molecule has 2 aromatic rings. The first-order valence-corrected chi connectivity index (χ1v) is 8.22. The van der Waals surface area contributed by atoms with Crippen LogP contribution in [0.4, 0.5) is 13.9 Å². The van der Waals surface area contributed by atoms with Crippen LogP contribution in [0.5, 0.6) is 0 Å². The van der Waals surface area contributed by atoms with Crippen LogP contribution in [0.25, 0.3) is 0 Å². The molecule has 0 unspecified atom stereocenters. The summed E-state index contributed by atoms with van der Waals surface area (Å²) in [7, 11) is 0. The molecule has 0 spiro atoms. The van der Waals surface area contributed by atoms with Gasteiger partial charge in [0.1, 0.15) is 9.88 Å². The Morgan fingerprint density at radius 2 is 2.15 bits per heavy atom. The zero-order chi connectivity index (χ0) is 14.7. The number of thiophene rings is 1. The molecule has 2 heterocycles. The zero-order valence-electron chi connectivity index (χ0n) is 10.6. The summed E-state index contributed by atoms with van der Waals surface area (Å²) in [6, 6.07) is 1.51. The largest absolute Gasteiger partial charge is 0.296 e. The second-order valence-corrected chi connectivity index (χ2v) is 7.00. The monoisotopic (exact) mass is 335 g/mol. The lowest BCUT2D eigenvalue weighted by Crippen LogP contribution is -2.11. The first-order chi connectivity index (χ1) is 9.47. The van der Waals surface area contributed by atoms with Crippen LogP contribution in [-0.4, -0.2) is 21.9 Å². The SMILES string of the molecule is CC(C)c1nnc(NC(=O)c2sccc2SC(F)F)s1. The van der Waals surface area contributed by atoms with Gasteiger partial charge in [0.05, 0.1) is 0 Å². The minimum absolute atomic E-state index is 0.227. The molecule has 0 aliphatic carbocycles. The van der Waals surface area contributed by atoms with Gasteiger partial charge >= 0.3 is 0 Å². The lowest BCUT2D eigenvalue weighted by atomic mass is 10.2. The van der Waals surface area contributed by atoms with Crippen molar-refractivity contribution in [2.75, 3.05) is 5.32 Å². The summed E-state index contributed by atoms with van der Waals surface area (Å²) in [4.78, 5) is 12.6. The fourth-order valence-electron chi connectivity index (χ4n) is 1.32. The Balaban J connectivity index is 2.09. The molecule has 0 bridgehead atoms. The number of alkyl halides is 2. The second-order valence-electron chi connectivity index (χ2n) is 4.05. The number of rotatable bonds is 5. The summed E-state index contributed by atoms with van der Waals surface area (Å²) >= 11 is 2.77. The van der Waals surface area contributed by atoms with Crippen molar-refractivity contribution in [3.8, 4) is 0 Å². The summed E-state index contributed by atoms with van der Waals surface area (Å²) in [5.41, 5.74) is 0. The molecule has 0 saturated carbocycles. The first kappa shape index (κ1) is 15.3. The van der Waals surface area contributed by atoms with E-state index in [1.807, 2.05) is 13.8 Å². The van der Waals surface area contributed by atoms with Gasteiger partial charge in [-0.05, 0) is 11.4 Å². The average molecular weight is 335 g/mol. The summed E-state index contributed by atoms with van der Waals surface area (Å²) in [5.74, 6) is -2.76. The maximum atomic E-state index is 12.4. The standard InChI is InChI=1S/C11H11F2N3OS3/c1-5(2)9-15-16-11(20-9)14-8(17)7-6(3-4-18-7)19-10(12)13/h3-5,10H,1-2H3,(H,14,16,17). The minimum Gasteiger partial charge on any atom is -0.296 e. The zero-order valence-corrected chi connectivity index (χ0v) is 13.0. The Morgan fingerprint density at radius 1 is 1.40 bits per heavy atom. The number of hydrogen-bond donors (Lipinski definition) is 1. The van der Waals surface area contributed by atoms with Gasteiger partial charge in [0.25, 0.3) is 11.7 Å². The minimum atomic E-state index is -2.55. The van der Waals surface area contributed by atoms with Crippen molar-refractivity contribution in [1.82, 2.24) is 10.2 Å². The van der Waals surface area contributed by atoms with E-state index in [2.05, 4.69) is 15.5 Å². The number of anilines is 1. The van der Waals surface area contributed by atoms with Gasteiger partial charge in [-0.1, -0.05) is 36.9 Å². The van der Waals surface area contributed by atoms with Crippen LogP contribution in [0.3, 0.4) is 0 Å². The molecule has 108 valence electrons. The molecule has 0 aliphatic rings. The third kappa shape index (κ3) is 3.74. The number of thioether (sulfide) groups is 1. The third-order valence-corrected chi connectivity index (χ3v) is 5.16. The molecule has 0 atom stereocenters. The number of amides is 1. The molecule has 0 radical (unpaired) electrons. The maximum absolute atomic E-state index is 12.4. The molecular formula is C11H11F2N3OS3. The molecule has 2 rings (SSSR count). The molecule has 0 aliphatic heterocycles. The van der Waals surface area contributed by atoms with E-state index in [1.54, 1.807) is 5.38 Å². The van der Waals surface area contributed by atoms with Crippen molar-refractivity contribution >= 4 is 45.5 Å². The highest BCUT2D eigenvalue weighted by Crippen LogP contribution is 2.32. The summed E-state index contributed by atoms with van der Waals surface area (Å²) in [6.45, 7) is 3.95. The molecule has 0 aromatic carbocycles. The van der Waals surface area contributed by atoms with Crippen LogP contribution in [0.1, 0.15) is 34.4 Å². The van der Waals surface area contributed by atoms with Gasteiger partial charge in [0.2, 0.25) is 5.13 Å². The smallest absolute Gasteiger partial charge is 0.288 e. The Bertz CT molecular complexity index is 597. The number of carbonyl (C=O) groups is 1. The fourth-order valence-corrected chi connectivity index (χ4v) is 3.66. The molecule has 1 amide bonds. The molecular weight excluding hydrogens is 324 g/mol. The van der Waals surface area contributed by atoms with Gasteiger partial charge < -0.3 is 0 Å². The van der Waals surface area contributed by atoms with Gasteiger partial charge in [-0.15, -0.1) is 21.5 Å². The summed E-state index contributed by atoms with van der Waals surface area (Å²) < 4.78 is 24.8.